The third-order valence-electron chi connectivity index (χ3n) is 3.21. The van der Waals surface area contributed by atoms with E-state index in [1.165, 1.54) is 0 Å². The molecule has 7 nitrogen and oxygen atoms in total. The van der Waals surface area contributed by atoms with E-state index in [2.05, 4.69) is 10.4 Å². The highest BCUT2D eigenvalue weighted by atomic mass is 16.4. The summed E-state index contributed by atoms with van der Waals surface area (Å²) in [5.41, 5.74) is 0. The molecule has 1 aliphatic rings. The van der Waals surface area contributed by atoms with Crippen LogP contribution in [0, 0.1) is 0 Å². The number of hydrogen-bond acceptors (Lipinski definition) is 3. The van der Waals surface area contributed by atoms with Gasteiger partial charge in [0.25, 0.3) is 0 Å². The van der Waals surface area contributed by atoms with Crippen LogP contribution in [-0.4, -0.2) is 50.9 Å². The van der Waals surface area contributed by atoms with E-state index in [-0.39, 0.29) is 25.0 Å². The number of aromatic nitrogens is 2. The second kappa shape index (κ2) is 6.93. The second-order valence-corrected chi connectivity index (χ2v) is 4.92. The lowest BCUT2D eigenvalue weighted by atomic mass is 10.3. The number of amides is 2. The fraction of sp³-hybridized carbons (Fsp3) is 0.615. The van der Waals surface area contributed by atoms with Crippen molar-refractivity contribution in [2.24, 2.45) is 0 Å². The Kier molecular flexibility index (Phi) is 4.97. The van der Waals surface area contributed by atoms with Gasteiger partial charge in [0, 0.05) is 38.1 Å². The van der Waals surface area contributed by atoms with Crippen LogP contribution in [0.25, 0.3) is 0 Å². The zero-order chi connectivity index (χ0) is 14.4. The monoisotopic (exact) mass is 280 g/mol. The Balaban J connectivity index is 1.67. The minimum absolute atomic E-state index is 0.00277. The molecule has 1 heterocycles. The number of hydrogen-bond donors (Lipinski definition) is 2. The molecule has 20 heavy (non-hydrogen) atoms. The molecule has 0 aliphatic heterocycles. The van der Waals surface area contributed by atoms with Crippen molar-refractivity contribution in [3.05, 3.63) is 18.5 Å². The van der Waals surface area contributed by atoms with E-state index in [0.717, 1.165) is 25.8 Å². The summed E-state index contributed by atoms with van der Waals surface area (Å²) in [6.07, 6.45) is 6.34. The number of carbonyl (C=O) groups is 2. The van der Waals surface area contributed by atoms with Gasteiger partial charge in [-0.1, -0.05) is 0 Å². The van der Waals surface area contributed by atoms with E-state index >= 15 is 0 Å². The maximum absolute atomic E-state index is 12.0. The molecule has 7 heteroatoms. The molecule has 2 rings (SSSR count). The summed E-state index contributed by atoms with van der Waals surface area (Å²) in [6, 6.07) is 1.92. The molecule has 1 aromatic rings. The predicted molar refractivity (Wildman–Crippen MR) is 72.2 cm³/mol. The van der Waals surface area contributed by atoms with Crippen molar-refractivity contribution in [2.45, 2.75) is 38.3 Å². The molecule has 2 amide bonds. The second-order valence-electron chi connectivity index (χ2n) is 4.92. The lowest BCUT2D eigenvalue weighted by molar-refractivity contribution is -0.137. The van der Waals surface area contributed by atoms with E-state index in [1.54, 1.807) is 11.1 Å². The Labute approximate surface area is 117 Å². The van der Waals surface area contributed by atoms with E-state index in [1.807, 2.05) is 16.9 Å². The van der Waals surface area contributed by atoms with Crippen LogP contribution in [0.5, 0.6) is 0 Å². The van der Waals surface area contributed by atoms with Gasteiger partial charge in [-0.3, -0.25) is 9.48 Å². The first-order chi connectivity index (χ1) is 9.66. The SMILES string of the molecule is O=C(O)CCN(C(=O)NCCCn1cccn1)C1CC1. The maximum atomic E-state index is 12.0. The van der Waals surface area contributed by atoms with Gasteiger partial charge in [0.2, 0.25) is 0 Å². The van der Waals surface area contributed by atoms with Gasteiger partial charge in [-0.2, -0.15) is 5.10 Å². The van der Waals surface area contributed by atoms with Gasteiger partial charge in [0.05, 0.1) is 6.42 Å². The summed E-state index contributed by atoms with van der Waals surface area (Å²) in [4.78, 5) is 24.2. The van der Waals surface area contributed by atoms with E-state index in [4.69, 9.17) is 5.11 Å². The number of carboxylic acid groups (broad SMARTS) is 1. The Morgan fingerprint density at radius 2 is 2.25 bits per heavy atom. The number of nitrogens with zero attached hydrogens (tertiary/aromatic N) is 3. The van der Waals surface area contributed by atoms with E-state index in [0.29, 0.717) is 6.54 Å². The van der Waals surface area contributed by atoms with Crippen molar-refractivity contribution in [3.8, 4) is 0 Å². The van der Waals surface area contributed by atoms with Crippen molar-refractivity contribution in [3.63, 3.8) is 0 Å². The summed E-state index contributed by atoms with van der Waals surface area (Å²) in [5, 5.41) is 15.6. The standard InChI is InChI=1S/C13H20N4O3/c18-12(19)5-10-17(11-3-4-11)13(20)14-6-1-8-16-9-2-7-15-16/h2,7,9,11H,1,3-6,8,10H2,(H,14,20)(H,18,19). The van der Waals surface area contributed by atoms with Crippen molar-refractivity contribution in [1.82, 2.24) is 20.0 Å². The molecule has 0 bridgehead atoms. The first-order valence-corrected chi connectivity index (χ1v) is 6.90. The van der Waals surface area contributed by atoms with Gasteiger partial charge in [0.1, 0.15) is 0 Å². The highest BCUT2D eigenvalue weighted by Gasteiger charge is 2.32. The summed E-state index contributed by atoms with van der Waals surface area (Å²) < 4.78 is 1.81. The van der Waals surface area contributed by atoms with Crippen LogP contribution < -0.4 is 5.32 Å². The third kappa shape index (κ3) is 4.56. The lowest BCUT2D eigenvalue weighted by Crippen LogP contribution is -2.42. The molecular weight excluding hydrogens is 260 g/mol. The number of aryl methyl sites for hydroxylation is 1. The van der Waals surface area contributed by atoms with Crippen LogP contribution in [-0.2, 0) is 11.3 Å². The number of urea groups is 1. The molecule has 110 valence electrons. The summed E-state index contributed by atoms with van der Waals surface area (Å²) >= 11 is 0. The molecule has 1 aliphatic carbocycles. The van der Waals surface area contributed by atoms with Gasteiger partial charge in [-0.15, -0.1) is 0 Å². The maximum Gasteiger partial charge on any atom is 0.317 e. The van der Waals surface area contributed by atoms with Gasteiger partial charge < -0.3 is 15.3 Å². The van der Waals surface area contributed by atoms with E-state index < -0.39 is 5.97 Å². The smallest absolute Gasteiger partial charge is 0.317 e. The number of carboxylic acids is 1. The van der Waals surface area contributed by atoms with Crippen molar-refractivity contribution in [1.29, 1.82) is 0 Å². The zero-order valence-electron chi connectivity index (χ0n) is 11.4. The first kappa shape index (κ1) is 14.4. The zero-order valence-corrected chi connectivity index (χ0v) is 11.4. The fourth-order valence-corrected chi connectivity index (χ4v) is 2.02. The quantitative estimate of drug-likeness (QED) is 0.693. The Bertz CT molecular complexity index is 442. The van der Waals surface area contributed by atoms with Crippen molar-refractivity contribution in [2.75, 3.05) is 13.1 Å². The number of aliphatic carboxylic acids is 1. The molecule has 1 saturated carbocycles. The summed E-state index contributed by atoms with van der Waals surface area (Å²) in [6.45, 7) is 1.60. The largest absolute Gasteiger partial charge is 0.481 e. The third-order valence-corrected chi connectivity index (χ3v) is 3.21. The average molecular weight is 280 g/mol. The highest BCUT2D eigenvalue weighted by Crippen LogP contribution is 2.26. The molecule has 0 atom stereocenters. The average Bonchev–Trinajstić information content (AvgIpc) is 3.11. The molecule has 0 unspecified atom stereocenters. The highest BCUT2D eigenvalue weighted by molar-refractivity contribution is 5.76. The van der Waals surface area contributed by atoms with E-state index in [9.17, 15) is 9.59 Å². The van der Waals surface area contributed by atoms with Gasteiger partial charge >= 0.3 is 12.0 Å². The van der Waals surface area contributed by atoms with Crippen LogP contribution in [0.1, 0.15) is 25.7 Å². The van der Waals surface area contributed by atoms with Crippen LogP contribution in [0.3, 0.4) is 0 Å². The topological polar surface area (TPSA) is 87.5 Å². The molecular formula is C13H20N4O3. The van der Waals surface area contributed by atoms with Gasteiger partial charge in [0.15, 0.2) is 0 Å². The number of rotatable bonds is 8. The first-order valence-electron chi connectivity index (χ1n) is 6.90. The fourth-order valence-electron chi connectivity index (χ4n) is 2.02. The minimum atomic E-state index is -0.873. The van der Waals surface area contributed by atoms with Crippen LogP contribution in [0.15, 0.2) is 18.5 Å². The Morgan fingerprint density at radius 1 is 1.45 bits per heavy atom. The Hall–Kier alpha value is -2.05. The molecule has 0 saturated heterocycles. The predicted octanol–water partition coefficient (Wildman–Crippen LogP) is 0.922. The molecule has 0 spiro atoms. The van der Waals surface area contributed by atoms with Crippen LogP contribution in [0.2, 0.25) is 0 Å². The Morgan fingerprint density at radius 3 is 2.85 bits per heavy atom. The van der Waals surface area contributed by atoms with Gasteiger partial charge in [-0.05, 0) is 25.3 Å². The molecule has 0 aromatic carbocycles. The number of nitrogens with one attached hydrogen (secondary N) is 1. The molecule has 1 fully saturated rings. The summed E-state index contributed by atoms with van der Waals surface area (Å²) in [5.74, 6) is -0.873. The van der Waals surface area contributed by atoms with Gasteiger partial charge in [-0.25, -0.2) is 4.79 Å². The normalized spacial score (nSPS) is 14.0. The van der Waals surface area contributed by atoms with Crippen molar-refractivity contribution < 1.29 is 14.7 Å². The van der Waals surface area contributed by atoms with Crippen LogP contribution >= 0.6 is 0 Å². The van der Waals surface area contributed by atoms with Crippen molar-refractivity contribution >= 4 is 12.0 Å². The number of carbonyl (C=O) groups excluding carboxylic acids is 1. The minimum Gasteiger partial charge on any atom is -0.481 e. The van der Waals surface area contributed by atoms with Crippen LogP contribution in [0.4, 0.5) is 4.79 Å². The molecule has 2 N–H and O–H groups in total. The summed E-state index contributed by atoms with van der Waals surface area (Å²) in [7, 11) is 0. The lowest BCUT2D eigenvalue weighted by Gasteiger charge is -2.22. The molecule has 1 aromatic heterocycles. The molecule has 0 radical (unpaired) electrons.